The number of carbonyl (C=O) groups excluding carboxylic acids is 1. The summed E-state index contributed by atoms with van der Waals surface area (Å²) in [5, 5.41) is 26.5. The van der Waals surface area contributed by atoms with Crippen molar-refractivity contribution >= 4 is 11.6 Å². The summed E-state index contributed by atoms with van der Waals surface area (Å²) in [6, 6.07) is 4.32. The van der Waals surface area contributed by atoms with E-state index in [0.717, 1.165) is 31.4 Å². The van der Waals surface area contributed by atoms with Gasteiger partial charge in [-0.1, -0.05) is 6.07 Å². The monoisotopic (exact) mass is 458 g/mol. The number of ether oxygens (including phenoxy) is 2. The molecule has 6 rings (SSSR count). The number of rotatable bonds is 4. The number of aliphatic hydroxyl groups excluding tert-OH is 2. The van der Waals surface area contributed by atoms with Gasteiger partial charge in [-0.05, 0) is 50.9 Å². The van der Waals surface area contributed by atoms with Crippen LogP contribution in [-0.4, -0.2) is 96.3 Å². The number of fused-ring (bicyclic) bond motifs is 6. The standard InChI is InChI=1S/C24H34N4O5/c1-27-16-9-13(10-29)21(27)15-8-12-5-6-14(26-23(31)20-18(30)4-3-7-25-20)22(32-2)19(12)17-11-33-24(16)28(15)17/h5-6,13,15-18,20-21,24-25,29-30H,3-4,7-11H2,1-2H3,(H,26,31)/t13-,15+,16-,17+,18+,20+,21+,24+/m1/s1. The summed E-state index contributed by atoms with van der Waals surface area (Å²) in [5.41, 5.74) is 2.94. The second-order valence-corrected chi connectivity index (χ2v) is 10.2. The molecule has 0 spiro atoms. The Hall–Kier alpha value is -1.75. The van der Waals surface area contributed by atoms with Gasteiger partial charge in [-0.3, -0.25) is 14.6 Å². The minimum atomic E-state index is -0.688. The molecule has 5 aliphatic heterocycles. The molecule has 9 nitrogen and oxygen atoms in total. The van der Waals surface area contributed by atoms with Gasteiger partial charge in [-0.2, -0.15) is 0 Å². The lowest BCUT2D eigenvalue weighted by Gasteiger charge is -2.51. The Bertz CT molecular complexity index is 944. The summed E-state index contributed by atoms with van der Waals surface area (Å²) in [5.74, 6) is 0.707. The van der Waals surface area contributed by atoms with Crippen LogP contribution in [0.4, 0.5) is 5.69 Å². The Kier molecular flexibility index (Phi) is 5.39. The number of nitrogens with zero attached hydrogens (tertiary/aromatic N) is 2. The molecule has 180 valence electrons. The van der Waals surface area contributed by atoms with Crippen LogP contribution in [0.2, 0.25) is 0 Å². The fraction of sp³-hybridized carbons (Fsp3) is 0.708. The highest BCUT2D eigenvalue weighted by Crippen LogP contribution is 2.53. The van der Waals surface area contributed by atoms with Gasteiger partial charge >= 0.3 is 0 Å². The van der Waals surface area contributed by atoms with Crippen LogP contribution in [0.1, 0.15) is 36.4 Å². The molecule has 2 bridgehead atoms. The minimum Gasteiger partial charge on any atom is -0.494 e. The Morgan fingerprint density at radius 1 is 1.36 bits per heavy atom. The average molecular weight is 459 g/mol. The second kappa shape index (κ2) is 8.18. The topological polar surface area (TPSA) is 107 Å². The first-order valence-corrected chi connectivity index (χ1v) is 12.2. The third-order valence-corrected chi connectivity index (χ3v) is 8.66. The normalized spacial score (nSPS) is 39.8. The fourth-order valence-electron chi connectivity index (χ4n) is 7.24. The van der Waals surface area contributed by atoms with Crippen molar-refractivity contribution in [2.75, 3.05) is 39.2 Å². The van der Waals surface area contributed by atoms with Gasteiger partial charge in [0.2, 0.25) is 5.91 Å². The number of hydrogen-bond donors (Lipinski definition) is 4. The molecule has 4 fully saturated rings. The predicted octanol–water partition coefficient (Wildman–Crippen LogP) is 0.0655. The first-order valence-electron chi connectivity index (χ1n) is 12.2. The molecule has 4 N–H and O–H groups in total. The molecule has 0 saturated carbocycles. The van der Waals surface area contributed by atoms with Crippen LogP contribution in [0.15, 0.2) is 12.1 Å². The number of amides is 1. The van der Waals surface area contributed by atoms with Crippen molar-refractivity contribution in [2.45, 2.75) is 68.2 Å². The minimum absolute atomic E-state index is 0.00971. The summed E-state index contributed by atoms with van der Waals surface area (Å²) in [6.07, 6.45) is 2.62. The number of anilines is 1. The molecule has 4 saturated heterocycles. The number of nitrogens with one attached hydrogen (secondary N) is 2. The van der Waals surface area contributed by atoms with Crippen molar-refractivity contribution in [3.8, 4) is 5.75 Å². The van der Waals surface area contributed by atoms with Crippen LogP contribution in [0.5, 0.6) is 5.75 Å². The van der Waals surface area contributed by atoms with E-state index in [1.54, 1.807) is 7.11 Å². The molecule has 8 atom stereocenters. The van der Waals surface area contributed by atoms with Gasteiger partial charge in [0, 0.05) is 36.2 Å². The van der Waals surface area contributed by atoms with Gasteiger partial charge in [0.1, 0.15) is 18.0 Å². The summed E-state index contributed by atoms with van der Waals surface area (Å²) in [4.78, 5) is 17.9. The van der Waals surface area contributed by atoms with Crippen molar-refractivity contribution in [2.24, 2.45) is 5.92 Å². The molecule has 1 aromatic carbocycles. The number of likely N-dealkylation sites (N-methyl/N-ethyl adjacent to an activating group) is 1. The van der Waals surface area contributed by atoms with Gasteiger partial charge in [0.25, 0.3) is 0 Å². The van der Waals surface area contributed by atoms with E-state index in [2.05, 4.69) is 33.5 Å². The maximum Gasteiger partial charge on any atom is 0.244 e. The zero-order valence-electron chi connectivity index (χ0n) is 19.2. The fourth-order valence-corrected chi connectivity index (χ4v) is 7.24. The van der Waals surface area contributed by atoms with Crippen molar-refractivity contribution in [3.63, 3.8) is 0 Å². The van der Waals surface area contributed by atoms with E-state index in [0.29, 0.717) is 30.5 Å². The number of piperidine rings is 1. The third kappa shape index (κ3) is 3.17. The smallest absolute Gasteiger partial charge is 0.244 e. The van der Waals surface area contributed by atoms with Crippen LogP contribution >= 0.6 is 0 Å². The summed E-state index contributed by atoms with van der Waals surface area (Å²) < 4.78 is 12.3. The van der Waals surface area contributed by atoms with Gasteiger partial charge in [-0.15, -0.1) is 0 Å². The Morgan fingerprint density at radius 2 is 2.21 bits per heavy atom. The lowest BCUT2D eigenvalue weighted by atomic mass is 9.81. The first kappa shape index (κ1) is 21.8. The molecule has 9 heteroatoms. The number of hydrogen-bond acceptors (Lipinski definition) is 8. The Balaban J connectivity index is 1.34. The van der Waals surface area contributed by atoms with Crippen molar-refractivity contribution in [3.05, 3.63) is 23.3 Å². The van der Waals surface area contributed by atoms with E-state index >= 15 is 0 Å². The molecule has 0 aliphatic carbocycles. The highest BCUT2D eigenvalue weighted by Gasteiger charge is 2.60. The number of piperazine rings is 1. The number of carbonyl (C=O) groups is 1. The van der Waals surface area contributed by atoms with E-state index in [9.17, 15) is 15.0 Å². The van der Waals surface area contributed by atoms with E-state index in [1.807, 2.05) is 6.07 Å². The predicted molar refractivity (Wildman–Crippen MR) is 121 cm³/mol. The SMILES string of the molecule is COc1c(NC(=O)[C@H]2NCCC[C@@H]2O)ccc2c1[C@@H]1CO[C@H]3[C@H]4C[C@H](CO)[C@@H]([C@H](C2)N13)N4C. The number of benzene rings is 1. The zero-order valence-corrected chi connectivity index (χ0v) is 19.2. The number of aliphatic hydroxyl groups is 2. The van der Waals surface area contributed by atoms with Crippen LogP contribution < -0.4 is 15.4 Å². The first-order chi connectivity index (χ1) is 16.0. The molecule has 0 unspecified atom stereocenters. The molecule has 33 heavy (non-hydrogen) atoms. The molecular weight excluding hydrogens is 424 g/mol. The van der Waals surface area contributed by atoms with Gasteiger partial charge in [0.15, 0.2) is 0 Å². The van der Waals surface area contributed by atoms with Gasteiger partial charge < -0.3 is 30.3 Å². The Morgan fingerprint density at radius 3 is 2.97 bits per heavy atom. The Labute approximate surface area is 194 Å². The maximum atomic E-state index is 12.9. The third-order valence-electron chi connectivity index (χ3n) is 8.66. The molecule has 0 aromatic heterocycles. The van der Waals surface area contributed by atoms with Gasteiger partial charge in [-0.25, -0.2) is 0 Å². The second-order valence-electron chi connectivity index (χ2n) is 10.2. The summed E-state index contributed by atoms with van der Waals surface area (Å²) in [6.45, 7) is 1.51. The van der Waals surface area contributed by atoms with Crippen LogP contribution in [0.25, 0.3) is 0 Å². The highest BCUT2D eigenvalue weighted by molar-refractivity contribution is 5.97. The van der Waals surface area contributed by atoms with Crippen molar-refractivity contribution in [1.82, 2.24) is 15.1 Å². The van der Waals surface area contributed by atoms with E-state index in [1.165, 1.54) is 5.56 Å². The molecular formula is C24H34N4O5. The quantitative estimate of drug-likeness (QED) is 0.502. The van der Waals surface area contributed by atoms with Crippen molar-refractivity contribution in [1.29, 1.82) is 0 Å². The lowest BCUT2D eigenvalue weighted by molar-refractivity contribution is -0.121. The number of methoxy groups -OCH3 is 1. The molecule has 0 radical (unpaired) electrons. The van der Waals surface area contributed by atoms with E-state index < -0.39 is 12.1 Å². The average Bonchev–Trinajstić information content (AvgIpc) is 3.36. The molecule has 5 aliphatic rings. The van der Waals surface area contributed by atoms with E-state index in [-0.39, 0.29) is 42.8 Å². The molecule has 5 heterocycles. The molecule has 1 aromatic rings. The zero-order chi connectivity index (χ0) is 22.9. The molecule has 1 amide bonds. The highest BCUT2D eigenvalue weighted by atomic mass is 16.5. The van der Waals surface area contributed by atoms with Crippen LogP contribution in [-0.2, 0) is 16.0 Å². The van der Waals surface area contributed by atoms with E-state index in [4.69, 9.17) is 9.47 Å². The van der Waals surface area contributed by atoms with Gasteiger partial charge in [0.05, 0.1) is 31.5 Å². The van der Waals surface area contributed by atoms with Crippen LogP contribution in [0.3, 0.4) is 0 Å². The maximum absolute atomic E-state index is 12.9. The summed E-state index contributed by atoms with van der Waals surface area (Å²) >= 11 is 0. The van der Waals surface area contributed by atoms with Crippen molar-refractivity contribution < 1.29 is 24.5 Å². The van der Waals surface area contributed by atoms with Crippen LogP contribution in [0, 0.1) is 5.92 Å². The summed E-state index contributed by atoms with van der Waals surface area (Å²) in [7, 11) is 3.81. The lowest BCUT2D eigenvalue weighted by Crippen LogP contribution is -2.64. The largest absolute Gasteiger partial charge is 0.494 e.